The first-order valence-corrected chi connectivity index (χ1v) is 8.04. The molecule has 0 amide bonds. The number of fused-ring (bicyclic) bond motifs is 1. The van der Waals surface area contributed by atoms with Gasteiger partial charge in [0.2, 0.25) is 0 Å². The predicted molar refractivity (Wildman–Crippen MR) is 83.8 cm³/mol. The van der Waals surface area contributed by atoms with E-state index in [1.54, 1.807) is 0 Å². The Kier molecular flexibility index (Phi) is 4.34. The molecule has 2 heterocycles. The lowest BCUT2D eigenvalue weighted by Gasteiger charge is -2.08. The van der Waals surface area contributed by atoms with E-state index >= 15 is 0 Å². The minimum absolute atomic E-state index is 0.603. The molecule has 0 aliphatic rings. The van der Waals surface area contributed by atoms with Crippen LogP contribution in [0.1, 0.15) is 29.9 Å². The summed E-state index contributed by atoms with van der Waals surface area (Å²) in [4.78, 5) is 8.86. The highest BCUT2D eigenvalue weighted by atomic mass is 32.2. The number of nitrogens with two attached hydrogens (primary N) is 1. The number of unbranched alkanes of at least 4 members (excludes halogenated alkanes) is 1. The van der Waals surface area contributed by atoms with Crippen molar-refractivity contribution in [2.45, 2.75) is 40.2 Å². The average molecular weight is 278 g/mol. The summed E-state index contributed by atoms with van der Waals surface area (Å²) in [6.45, 7) is 7.14. The molecule has 2 N–H and O–H groups in total. The molecule has 2 aromatic heterocycles. The smallest absolute Gasteiger partial charge is 0.146 e. The normalized spacial score (nSPS) is 11.4. The van der Waals surface area contributed by atoms with Crippen LogP contribution in [0.25, 0.3) is 11.0 Å². The second-order valence-corrected chi connectivity index (χ2v) is 5.90. The van der Waals surface area contributed by atoms with Crippen molar-refractivity contribution in [3.63, 3.8) is 0 Å². The summed E-state index contributed by atoms with van der Waals surface area (Å²) in [6, 6.07) is 0. The Morgan fingerprint density at radius 3 is 2.58 bits per heavy atom. The first kappa shape index (κ1) is 14.2. The van der Waals surface area contributed by atoms with E-state index in [9.17, 15) is 0 Å². The lowest BCUT2D eigenvalue weighted by Crippen LogP contribution is -2.04. The van der Waals surface area contributed by atoms with Gasteiger partial charge in [-0.05, 0) is 51.2 Å². The molecule has 19 heavy (non-hydrogen) atoms. The molecule has 0 aliphatic carbocycles. The van der Waals surface area contributed by atoms with E-state index in [-0.39, 0.29) is 0 Å². The van der Waals surface area contributed by atoms with Crippen LogP contribution in [-0.2, 0) is 6.54 Å². The van der Waals surface area contributed by atoms with Crippen LogP contribution in [0, 0.1) is 20.8 Å². The van der Waals surface area contributed by atoms with Gasteiger partial charge in [0.05, 0.1) is 5.39 Å². The first-order chi connectivity index (χ1) is 9.06. The number of aryl methyl sites for hydroxylation is 3. The lowest BCUT2D eigenvalue weighted by atomic mass is 10.2. The van der Waals surface area contributed by atoms with Gasteiger partial charge in [-0.3, -0.25) is 0 Å². The Morgan fingerprint density at radius 2 is 1.89 bits per heavy atom. The summed E-state index contributed by atoms with van der Waals surface area (Å²) in [7, 11) is 0. The van der Waals surface area contributed by atoms with Crippen molar-refractivity contribution in [2.24, 2.45) is 0 Å². The molecule has 0 unspecified atom stereocenters. The molecule has 0 bridgehead atoms. The molecule has 0 saturated carbocycles. The molecule has 0 radical (unpaired) electrons. The maximum atomic E-state index is 6.05. The molecular weight excluding hydrogens is 256 g/mol. The minimum Gasteiger partial charge on any atom is -0.383 e. The van der Waals surface area contributed by atoms with E-state index in [4.69, 9.17) is 5.73 Å². The molecule has 0 fully saturated rings. The molecule has 2 rings (SSSR count). The fourth-order valence-electron chi connectivity index (χ4n) is 2.47. The molecule has 104 valence electrons. The summed E-state index contributed by atoms with van der Waals surface area (Å²) in [5.41, 5.74) is 9.50. The summed E-state index contributed by atoms with van der Waals surface area (Å²) >= 11 is 1.90. The first-order valence-electron chi connectivity index (χ1n) is 6.64. The predicted octanol–water partition coefficient (Wildman–Crippen LogP) is 3.08. The quantitative estimate of drug-likeness (QED) is 0.854. The lowest BCUT2D eigenvalue weighted by molar-refractivity contribution is 0.634. The Balaban J connectivity index is 2.40. The summed E-state index contributed by atoms with van der Waals surface area (Å²) in [5.74, 6) is 2.56. The van der Waals surface area contributed by atoms with Crippen LogP contribution in [-0.4, -0.2) is 26.5 Å². The van der Waals surface area contributed by atoms with Crippen molar-refractivity contribution < 1.29 is 0 Å². The second-order valence-electron chi connectivity index (χ2n) is 4.92. The molecule has 0 aromatic carbocycles. The van der Waals surface area contributed by atoms with Crippen molar-refractivity contribution in [3.05, 3.63) is 17.1 Å². The molecule has 0 atom stereocenters. The molecule has 4 nitrogen and oxygen atoms in total. The summed E-state index contributed by atoms with van der Waals surface area (Å²) in [6.07, 6.45) is 4.56. The van der Waals surface area contributed by atoms with Crippen LogP contribution < -0.4 is 5.73 Å². The third-order valence-corrected chi connectivity index (χ3v) is 4.29. The molecule has 2 aromatic rings. The van der Waals surface area contributed by atoms with Gasteiger partial charge >= 0.3 is 0 Å². The van der Waals surface area contributed by atoms with Crippen LogP contribution in [0.4, 0.5) is 5.82 Å². The largest absolute Gasteiger partial charge is 0.383 e. The molecule has 0 aliphatic heterocycles. The van der Waals surface area contributed by atoms with E-state index in [2.05, 4.69) is 34.6 Å². The van der Waals surface area contributed by atoms with E-state index in [0.29, 0.717) is 5.82 Å². The zero-order chi connectivity index (χ0) is 14.0. The van der Waals surface area contributed by atoms with Crippen molar-refractivity contribution in [1.29, 1.82) is 0 Å². The molecule has 5 heteroatoms. The van der Waals surface area contributed by atoms with E-state index in [1.807, 2.05) is 18.7 Å². The number of nitrogen functional groups attached to an aromatic ring is 1. The molecule has 0 saturated heterocycles. The van der Waals surface area contributed by atoms with Crippen molar-refractivity contribution in [1.82, 2.24) is 14.5 Å². The Morgan fingerprint density at radius 1 is 1.16 bits per heavy atom. The van der Waals surface area contributed by atoms with Gasteiger partial charge in [-0.15, -0.1) is 0 Å². The summed E-state index contributed by atoms with van der Waals surface area (Å²) in [5, 5.41) is 1.02. The van der Waals surface area contributed by atoms with Crippen molar-refractivity contribution >= 4 is 28.6 Å². The van der Waals surface area contributed by atoms with Crippen LogP contribution >= 0.6 is 11.8 Å². The third-order valence-electron chi connectivity index (χ3n) is 3.59. The number of hydrogen-bond donors (Lipinski definition) is 1. The van der Waals surface area contributed by atoms with Crippen LogP contribution in [0.2, 0.25) is 0 Å². The van der Waals surface area contributed by atoms with Gasteiger partial charge in [-0.1, -0.05) is 0 Å². The Hall–Kier alpha value is -1.23. The third kappa shape index (κ3) is 2.71. The highest BCUT2D eigenvalue weighted by Gasteiger charge is 2.15. The van der Waals surface area contributed by atoms with Gasteiger partial charge in [0.15, 0.2) is 0 Å². The topological polar surface area (TPSA) is 56.7 Å². The maximum Gasteiger partial charge on any atom is 0.146 e. The number of thioether (sulfide) groups is 1. The fraction of sp³-hybridized carbons (Fsp3) is 0.571. The monoisotopic (exact) mass is 278 g/mol. The van der Waals surface area contributed by atoms with Crippen molar-refractivity contribution in [2.75, 3.05) is 17.7 Å². The van der Waals surface area contributed by atoms with E-state index < -0.39 is 0 Å². The average Bonchev–Trinajstić information content (AvgIpc) is 2.59. The zero-order valence-electron chi connectivity index (χ0n) is 12.2. The van der Waals surface area contributed by atoms with Gasteiger partial charge < -0.3 is 10.3 Å². The van der Waals surface area contributed by atoms with Gasteiger partial charge in [0, 0.05) is 12.2 Å². The van der Waals surface area contributed by atoms with Gasteiger partial charge in [-0.25, -0.2) is 9.97 Å². The molecular formula is C14H22N4S. The number of nitrogens with zero attached hydrogens (tertiary/aromatic N) is 3. The fourth-order valence-corrected chi connectivity index (χ4v) is 2.96. The number of rotatable bonds is 5. The minimum atomic E-state index is 0.603. The second kappa shape index (κ2) is 5.82. The van der Waals surface area contributed by atoms with Gasteiger partial charge in [-0.2, -0.15) is 11.8 Å². The van der Waals surface area contributed by atoms with E-state index in [1.165, 1.54) is 29.9 Å². The molecule has 0 spiro atoms. The van der Waals surface area contributed by atoms with Gasteiger partial charge in [0.25, 0.3) is 0 Å². The van der Waals surface area contributed by atoms with Crippen LogP contribution in [0.3, 0.4) is 0 Å². The van der Waals surface area contributed by atoms with Crippen LogP contribution in [0.5, 0.6) is 0 Å². The Bertz CT molecular complexity index is 589. The number of aromatic nitrogens is 3. The number of anilines is 1. The zero-order valence-corrected chi connectivity index (χ0v) is 13.0. The number of hydrogen-bond acceptors (Lipinski definition) is 4. The van der Waals surface area contributed by atoms with E-state index in [0.717, 1.165) is 23.4 Å². The van der Waals surface area contributed by atoms with Crippen molar-refractivity contribution in [3.8, 4) is 0 Å². The SMILES string of the molecule is CSCCCCn1c(C)c(C)c2c(N)nc(C)nc21. The Labute approximate surface area is 118 Å². The highest BCUT2D eigenvalue weighted by molar-refractivity contribution is 7.98. The summed E-state index contributed by atoms with van der Waals surface area (Å²) < 4.78 is 2.29. The standard InChI is InChI=1S/C14H22N4S/c1-9-10(2)18(7-5-6-8-19-4)14-12(9)13(15)16-11(3)17-14/h5-8H2,1-4H3,(H2,15,16,17). The highest BCUT2D eigenvalue weighted by Crippen LogP contribution is 2.28. The van der Waals surface area contributed by atoms with Gasteiger partial charge in [0.1, 0.15) is 17.3 Å². The van der Waals surface area contributed by atoms with Crippen LogP contribution in [0.15, 0.2) is 0 Å². The maximum absolute atomic E-state index is 6.05.